The molecule has 0 N–H and O–H groups in total. The van der Waals surface area contributed by atoms with Crippen LogP contribution in [0.25, 0.3) is 0 Å². The molecule has 21 heavy (non-hydrogen) atoms. The van der Waals surface area contributed by atoms with Crippen molar-refractivity contribution < 1.29 is 4.74 Å². The summed E-state index contributed by atoms with van der Waals surface area (Å²) in [5, 5.41) is 0. The normalized spacial score (nSPS) is 32.3. The average Bonchev–Trinajstić information content (AvgIpc) is 2.60. The van der Waals surface area contributed by atoms with Crippen LogP contribution in [-0.4, -0.2) is 20.4 Å². The van der Waals surface area contributed by atoms with Crippen molar-refractivity contribution in [2.75, 3.05) is 14.2 Å². The third-order valence-electron chi connectivity index (χ3n) is 5.20. The predicted molar refractivity (Wildman–Crippen MR) is 92.7 cm³/mol. The van der Waals surface area contributed by atoms with Crippen molar-refractivity contribution in [2.24, 2.45) is 28.7 Å². The molecular formula is C19H33NO. The van der Waals surface area contributed by atoms with Gasteiger partial charge in [-0.25, -0.2) is 0 Å². The first kappa shape index (κ1) is 18.0. The van der Waals surface area contributed by atoms with E-state index in [1.807, 2.05) is 0 Å². The fourth-order valence-electron chi connectivity index (χ4n) is 3.38. The first-order valence-corrected chi connectivity index (χ1v) is 8.40. The maximum Gasteiger partial charge on any atom is 0.136 e. The van der Waals surface area contributed by atoms with Gasteiger partial charge in [0, 0.05) is 7.05 Å². The van der Waals surface area contributed by atoms with E-state index in [0.717, 1.165) is 29.9 Å². The van der Waals surface area contributed by atoms with E-state index < -0.39 is 0 Å². The lowest BCUT2D eigenvalue weighted by molar-refractivity contribution is 0.316. The molecule has 2 heteroatoms. The molecule has 0 aromatic heterocycles. The highest BCUT2D eigenvalue weighted by molar-refractivity contribution is 5.76. The van der Waals surface area contributed by atoms with E-state index in [9.17, 15) is 0 Å². The zero-order valence-corrected chi connectivity index (χ0v) is 14.7. The molecule has 1 saturated carbocycles. The van der Waals surface area contributed by atoms with Gasteiger partial charge in [0.1, 0.15) is 5.76 Å². The number of hydrogen-bond donors (Lipinski definition) is 0. The molecule has 0 aliphatic heterocycles. The van der Waals surface area contributed by atoms with E-state index in [1.165, 1.54) is 19.3 Å². The fourth-order valence-corrected chi connectivity index (χ4v) is 3.38. The molecule has 1 fully saturated rings. The van der Waals surface area contributed by atoms with Gasteiger partial charge in [0.15, 0.2) is 0 Å². The van der Waals surface area contributed by atoms with E-state index >= 15 is 0 Å². The Labute approximate surface area is 131 Å². The molecule has 0 aromatic rings. The maximum atomic E-state index is 5.33. The Morgan fingerprint density at radius 1 is 1.10 bits per heavy atom. The van der Waals surface area contributed by atoms with E-state index in [4.69, 9.17) is 4.74 Å². The molecule has 4 atom stereocenters. The first-order chi connectivity index (χ1) is 10.0. The Morgan fingerprint density at radius 2 is 1.76 bits per heavy atom. The van der Waals surface area contributed by atoms with Crippen LogP contribution in [0, 0.1) is 23.7 Å². The van der Waals surface area contributed by atoms with E-state index in [1.54, 1.807) is 25.9 Å². The summed E-state index contributed by atoms with van der Waals surface area (Å²) in [4.78, 5) is 4.03. The van der Waals surface area contributed by atoms with Gasteiger partial charge >= 0.3 is 0 Å². The summed E-state index contributed by atoms with van der Waals surface area (Å²) in [6.07, 6.45) is 11.3. The summed E-state index contributed by atoms with van der Waals surface area (Å²) in [6.45, 7) is 9.53. The molecular weight excluding hydrogens is 258 g/mol. The molecule has 0 aromatic carbocycles. The summed E-state index contributed by atoms with van der Waals surface area (Å²) in [5.41, 5.74) is 1.56. The number of ether oxygens (including phenoxy) is 1. The van der Waals surface area contributed by atoms with Gasteiger partial charge in [-0.2, -0.15) is 0 Å². The highest BCUT2D eigenvalue weighted by atomic mass is 16.5. The Bertz CT molecular complexity index is 394. The Balaban J connectivity index is 2.95. The lowest BCUT2D eigenvalue weighted by atomic mass is 9.79. The third-order valence-corrected chi connectivity index (χ3v) is 5.20. The molecule has 1 rings (SSSR count). The highest BCUT2D eigenvalue weighted by Crippen LogP contribution is 2.39. The van der Waals surface area contributed by atoms with Crippen molar-refractivity contribution in [3.05, 3.63) is 23.5 Å². The molecule has 0 saturated heterocycles. The minimum absolute atomic E-state index is 0.711. The van der Waals surface area contributed by atoms with Gasteiger partial charge in [-0.1, -0.05) is 45.8 Å². The number of hydrogen-bond acceptors (Lipinski definition) is 2. The second kappa shape index (κ2) is 9.07. The summed E-state index contributed by atoms with van der Waals surface area (Å²) >= 11 is 0. The number of aliphatic imine (C=N–C) groups is 1. The predicted octanol–water partition coefficient (Wildman–Crippen LogP) is 5.26. The maximum absolute atomic E-state index is 5.33. The number of nitrogens with zero attached hydrogens (tertiary/aromatic N) is 1. The van der Waals surface area contributed by atoms with Crippen LogP contribution < -0.4 is 0 Å². The van der Waals surface area contributed by atoms with Crippen LogP contribution in [0.4, 0.5) is 0 Å². The van der Waals surface area contributed by atoms with Gasteiger partial charge in [0.2, 0.25) is 0 Å². The van der Waals surface area contributed by atoms with Gasteiger partial charge in [0.05, 0.1) is 13.3 Å². The third kappa shape index (κ3) is 5.33. The lowest BCUT2D eigenvalue weighted by Crippen LogP contribution is -2.15. The number of rotatable bonds is 5. The van der Waals surface area contributed by atoms with Crippen molar-refractivity contribution in [3.8, 4) is 0 Å². The van der Waals surface area contributed by atoms with Crippen LogP contribution >= 0.6 is 0 Å². The highest BCUT2D eigenvalue weighted by Gasteiger charge is 2.28. The molecule has 2 unspecified atom stereocenters. The second-order valence-corrected chi connectivity index (χ2v) is 6.61. The number of methoxy groups -OCH3 is 1. The smallest absolute Gasteiger partial charge is 0.136 e. The van der Waals surface area contributed by atoms with E-state index in [0.29, 0.717) is 5.92 Å². The molecule has 1 aliphatic carbocycles. The SMILES string of the molecule is CC\C(=C/C=C(\C=N\C)OC)[C@H]1CC(C)C(C)CC[C@@H]1C. The van der Waals surface area contributed by atoms with Crippen LogP contribution in [-0.2, 0) is 4.74 Å². The summed E-state index contributed by atoms with van der Waals surface area (Å²) in [6, 6.07) is 0. The fraction of sp³-hybridized carbons (Fsp3) is 0.737. The van der Waals surface area contributed by atoms with Crippen LogP contribution in [0.1, 0.15) is 53.4 Å². The minimum Gasteiger partial charge on any atom is -0.495 e. The second-order valence-electron chi connectivity index (χ2n) is 6.61. The molecule has 120 valence electrons. The van der Waals surface area contributed by atoms with Gasteiger partial charge in [-0.05, 0) is 49.0 Å². The number of allylic oxidation sites excluding steroid dienone is 4. The van der Waals surface area contributed by atoms with Crippen LogP contribution in [0.5, 0.6) is 0 Å². The molecule has 0 radical (unpaired) electrons. The van der Waals surface area contributed by atoms with Crippen LogP contribution in [0.15, 0.2) is 28.5 Å². The van der Waals surface area contributed by atoms with Crippen molar-refractivity contribution >= 4 is 6.21 Å². The van der Waals surface area contributed by atoms with Gasteiger partial charge < -0.3 is 4.74 Å². The Morgan fingerprint density at radius 3 is 2.33 bits per heavy atom. The standard InChI is InChI=1S/C19H33NO/c1-7-17(10-11-18(21-6)13-20-5)19-12-16(4)14(2)8-9-15(19)3/h10-11,13-16,19H,7-9,12H2,1-6H3/b17-10+,18-11+,20-13+/t14?,15-,16?,19-/m0/s1. The van der Waals surface area contributed by atoms with Crippen LogP contribution in [0.2, 0.25) is 0 Å². The minimum atomic E-state index is 0.711. The van der Waals surface area contributed by atoms with Gasteiger partial charge in [-0.3, -0.25) is 4.99 Å². The average molecular weight is 291 g/mol. The van der Waals surface area contributed by atoms with Crippen molar-refractivity contribution in [2.45, 2.75) is 53.4 Å². The summed E-state index contributed by atoms with van der Waals surface area (Å²) < 4.78 is 5.33. The van der Waals surface area contributed by atoms with Crippen molar-refractivity contribution in [1.82, 2.24) is 0 Å². The quantitative estimate of drug-likeness (QED) is 0.293. The van der Waals surface area contributed by atoms with Crippen molar-refractivity contribution in [1.29, 1.82) is 0 Å². The van der Waals surface area contributed by atoms with Gasteiger partial charge in [-0.15, -0.1) is 0 Å². The molecule has 0 amide bonds. The zero-order chi connectivity index (χ0) is 15.8. The van der Waals surface area contributed by atoms with E-state index in [2.05, 4.69) is 44.8 Å². The monoisotopic (exact) mass is 291 g/mol. The summed E-state index contributed by atoms with van der Waals surface area (Å²) in [7, 11) is 3.47. The first-order valence-electron chi connectivity index (χ1n) is 8.40. The molecule has 1 aliphatic rings. The van der Waals surface area contributed by atoms with E-state index in [-0.39, 0.29) is 0 Å². The Hall–Kier alpha value is -1.05. The van der Waals surface area contributed by atoms with Crippen LogP contribution in [0.3, 0.4) is 0 Å². The molecule has 2 nitrogen and oxygen atoms in total. The topological polar surface area (TPSA) is 21.6 Å². The Kier molecular flexibility index (Phi) is 7.77. The molecule has 0 spiro atoms. The molecule has 0 heterocycles. The lowest BCUT2D eigenvalue weighted by Gasteiger charge is -2.26. The summed E-state index contributed by atoms with van der Waals surface area (Å²) in [5.74, 6) is 3.99. The largest absolute Gasteiger partial charge is 0.495 e. The molecule has 0 bridgehead atoms. The zero-order valence-electron chi connectivity index (χ0n) is 14.7. The van der Waals surface area contributed by atoms with Crippen molar-refractivity contribution in [3.63, 3.8) is 0 Å². The van der Waals surface area contributed by atoms with Gasteiger partial charge in [0.25, 0.3) is 0 Å².